The number of halogens is 1. The normalized spacial score (nSPS) is 11.3. The number of aryl methyl sites for hydroxylation is 1. The monoisotopic (exact) mass is 297 g/mol. The van der Waals surface area contributed by atoms with E-state index < -0.39 is 10.0 Å². The second-order valence-corrected chi connectivity index (χ2v) is 6.02. The van der Waals surface area contributed by atoms with E-state index in [1.807, 2.05) is 0 Å². The SMILES string of the molecule is Cc1cccnc1NS(=O)(=O)c1cc(N)ccc1Cl. The van der Waals surface area contributed by atoms with Gasteiger partial charge in [-0.05, 0) is 36.8 Å². The predicted molar refractivity (Wildman–Crippen MR) is 75.6 cm³/mol. The molecule has 1 aromatic heterocycles. The Morgan fingerprint density at radius 2 is 2.05 bits per heavy atom. The second kappa shape index (κ2) is 5.07. The molecule has 3 N–H and O–H groups in total. The number of pyridine rings is 1. The molecule has 0 aliphatic heterocycles. The quantitative estimate of drug-likeness (QED) is 0.852. The molecule has 0 amide bonds. The van der Waals surface area contributed by atoms with Crippen LogP contribution >= 0.6 is 11.6 Å². The molecule has 100 valence electrons. The Kier molecular flexibility index (Phi) is 3.64. The van der Waals surface area contributed by atoms with Crippen molar-refractivity contribution in [1.82, 2.24) is 4.98 Å². The summed E-state index contributed by atoms with van der Waals surface area (Å²) < 4.78 is 26.9. The fraction of sp³-hybridized carbons (Fsp3) is 0.0833. The van der Waals surface area contributed by atoms with Gasteiger partial charge in [-0.25, -0.2) is 13.4 Å². The highest BCUT2D eigenvalue weighted by Gasteiger charge is 2.19. The molecule has 1 heterocycles. The molecule has 0 fully saturated rings. The van der Waals surface area contributed by atoms with Gasteiger partial charge in [-0.2, -0.15) is 0 Å². The largest absolute Gasteiger partial charge is 0.399 e. The minimum atomic E-state index is -3.81. The molecule has 7 heteroatoms. The first kappa shape index (κ1) is 13.6. The summed E-state index contributed by atoms with van der Waals surface area (Å²) in [5.74, 6) is 0.265. The molecule has 0 spiro atoms. The highest BCUT2D eigenvalue weighted by molar-refractivity contribution is 7.92. The topological polar surface area (TPSA) is 85.1 Å². The van der Waals surface area contributed by atoms with Crippen molar-refractivity contribution in [2.75, 3.05) is 10.5 Å². The number of hydrogen-bond acceptors (Lipinski definition) is 4. The predicted octanol–water partition coefficient (Wildman–Crippen LogP) is 2.43. The lowest BCUT2D eigenvalue weighted by Gasteiger charge is -2.10. The third-order valence-corrected chi connectivity index (χ3v) is 4.31. The molecular formula is C12H12ClN3O2S. The number of nitrogens with one attached hydrogen (secondary N) is 1. The maximum absolute atomic E-state index is 12.2. The van der Waals surface area contributed by atoms with E-state index in [0.717, 1.165) is 0 Å². The van der Waals surface area contributed by atoms with Gasteiger partial charge in [-0.3, -0.25) is 4.72 Å². The van der Waals surface area contributed by atoms with Crippen molar-refractivity contribution in [1.29, 1.82) is 0 Å². The van der Waals surface area contributed by atoms with Crippen molar-refractivity contribution in [2.24, 2.45) is 0 Å². The van der Waals surface area contributed by atoms with Crippen molar-refractivity contribution >= 4 is 33.1 Å². The summed E-state index contributed by atoms with van der Waals surface area (Å²) in [6.45, 7) is 1.76. The standard InChI is InChI=1S/C12H12ClN3O2S/c1-8-3-2-6-15-12(8)16-19(17,18)11-7-9(14)4-5-10(11)13/h2-7H,14H2,1H3,(H,15,16). The maximum Gasteiger partial charge on any atom is 0.264 e. The summed E-state index contributed by atoms with van der Waals surface area (Å²) in [5, 5.41) is 0.107. The van der Waals surface area contributed by atoms with Crippen LogP contribution in [0.5, 0.6) is 0 Å². The van der Waals surface area contributed by atoms with Crippen LogP contribution in [-0.4, -0.2) is 13.4 Å². The second-order valence-electron chi connectivity index (χ2n) is 3.96. The Bertz CT molecular complexity index is 717. The lowest BCUT2D eigenvalue weighted by atomic mass is 10.3. The molecule has 0 unspecified atom stereocenters. The molecule has 0 aliphatic rings. The first-order chi connectivity index (χ1) is 8.90. The zero-order valence-corrected chi connectivity index (χ0v) is 11.7. The molecule has 0 radical (unpaired) electrons. The van der Waals surface area contributed by atoms with E-state index in [-0.39, 0.29) is 15.7 Å². The Morgan fingerprint density at radius 3 is 2.74 bits per heavy atom. The van der Waals surface area contributed by atoms with Crippen LogP contribution in [0.4, 0.5) is 11.5 Å². The van der Waals surface area contributed by atoms with Crippen LogP contribution < -0.4 is 10.5 Å². The zero-order chi connectivity index (χ0) is 14.0. The van der Waals surface area contributed by atoms with Gasteiger partial charge in [0.1, 0.15) is 10.7 Å². The first-order valence-corrected chi connectivity index (χ1v) is 7.26. The number of nitrogens with two attached hydrogens (primary N) is 1. The van der Waals surface area contributed by atoms with Gasteiger partial charge < -0.3 is 5.73 Å². The molecule has 5 nitrogen and oxygen atoms in total. The number of nitrogens with zero attached hydrogens (tertiary/aromatic N) is 1. The molecule has 2 rings (SSSR count). The number of sulfonamides is 1. The lowest BCUT2D eigenvalue weighted by Crippen LogP contribution is -2.15. The van der Waals surface area contributed by atoms with Crippen LogP contribution in [0.25, 0.3) is 0 Å². The van der Waals surface area contributed by atoms with Crippen molar-refractivity contribution in [2.45, 2.75) is 11.8 Å². The van der Waals surface area contributed by atoms with E-state index in [1.54, 1.807) is 19.1 Å². The third-order valence-electron chi connectivity index (χ3n) is 2.49. The molecule has 1 aromatic carbocycles. The number of anilines is 2. The van der Waals surface area contributed by atoms with E-state index >= 15 is 0 Å². The summed E-state index contributed by atoms with van der Waals surface area (Å²) in [6.07, 6.45) is 1.51. The van der Waals surface area contributed by atoms with Gasteiger partial charge >= 0.3 is 0 Å². The number of nitrogen functional groups attached to an aromatic ring is 1. The van der Waals surface area contributed by atoms with Crippen LogP contribution in [0, 0.1) is 6.92 Å². The maximum atomic E-state index is 12.2. The number of aromatic nitrogens is 1. The Labute approximate surface area is 116 Å². The Morgan fingerprint density at radius 1 is 1.32 bits per heavy atom. The van der Waals surface area contributed by atoms with Crippen LogP contribution in [0.1, 0.15) is 5.56 Å². The van der Waals surface area contributed by atoms with Crippen LogP contribution in [0.3, 0.4) is 0 Å². The van der Waals surface area contributed by atoms with E-state index in [2.05, 4.69) is 9.71 Å². The Hall–Kier alpha value is -1.79. The highest BCUT2D eigenvalue weighted by atomic mass is 35.5. The summed E-state index contributed by atoms with van der Waals surface area (Å²) in [7, 11) is -3.81. The minimum absolute atomic E-state index is 0.0702. The summed E-state index contributed by atoms with van der Waals surface area (Å²) in [5.41, 5.74) is 6.62. The summed E-state index contributed by atoms with van der Waals surface area (Å²) >= 11 is 5.89. The average Bonchev–Trinajstić information content (AvgIpc) is 2.35. The molecule has 0 aliphatic carbocycles. The van der Waals surface area contributed by atoms with Gasteiger partial charge in [0, 0.05) is 11.9 Å². The smallest absolute Gasteiger partial charge is 0.264 e. The molecule has 0 bridgehead atoms. The van der Waals surface area contributed by atoms with Gasteiger partial charge in [-0.1, -0.05) is 17.7 Å². The zero-order valence-electron chi connectivity index (χ0n) is 10.1. The molecule has 0 saturated heterocycles. The Balaban J connectivity index is 2.44. The van der Waals surface area contributed by atoms with Gasteiger partial charge in [-0.15, -0.1) is 0 Å². The number of hydrogen-bond donors (Lipinski definition) is 2. The molecule has 0 atom stereocenters. The molecule has 19 heavy (non-hydrogen) atoms. The highest BCUT2D eigenvalue weighted by Crippen LogP contribution is 2.25. The third kappa shape index (κ3) is 2.97. The van der Waals surface area contributed by atoms with E-state index in [9.17, 15) is 8.42 Å². The molecular weight excluding hydrogens is 286 g/mol. The van der Waals surface area contributed by atoms with Crippen molar-refractivity contribution in [3.63, 3.8) is 0 Å². The average molecular weight is 298 g/mol. The van der Waals surface area contributed by atoms with Gasteiger partial charge in [0.25, 0.3) is 10.0 Å². The fourth-order valence-corrected chi connectivity index (χ4v) is 3.12. The van der Waals surface area contributed by atoms with Gasteiger partial charge in [0.15, 0.2) is 0 Å². The minimum Gasteiger partial charge on any atom is -0.399 e. The fourth-order valence-electron chi connectivity index (χ4n) is 1.50. The van der Waals surface area contributed by atoms with Crippen molar-refractivity contribution in [3.8, 4) is 0 Å². The van der Waals surface area contributed by atoms with Crippen LogP contribution in [-0.2, 0) is 10.0 Å². The summed E-state index contributed by atoms with van der Waals surface area (Å²) in [6, 6.07) is 7.76. The van der Waals surface area contributed by atoms with E-state index in [1.165, 1.54) is 24.4 Å². The molecule has 0 saturated carbocycles. The van der Waals surface area contributed by atoms with Gasteiger partial charge in [0.2, 0.25) is 0 Å². The number of benzene rings is 1. The van der Waals surface area contributed by atoms with Crippen molar-refractivity contribution < 1.29 is 8.42 Å². The van der Waals surface area contributed by atoms with Crippen molar-refractivity contribution in [3.05, 3.63) is 47.1 Å². The van der Waals surface area contributed by atoms with Crippen LogP contribution in [0.2, 0.25) is 5.02 Å². The van der Waals surface area contributed by atoms with Crippen LogP contribution in [0.15, 0.2) is 41.4 Å². The number of rotatable bonds is 3. The van der Waals surface area contributed by atoms with E-state index in [4.69, 9.17) is 17.3 Å². The summed E-state index contributed by atoms with van der Waals surface area (Å²) in [4.78, 5) is 3.91. The lowest BCUT2D eigenvalue weighted by molar-refractivity contribution is 0.601. The van der Waals surface area contributed by atoms with Gasteiger partial charge in [0.05, 0.1) is 5.02 Å². The first-order valence-electron chi connectivity index (χ1n) is 5.39. The molecule has 2 aromatic rings. The van der Waals surface area contributed by atoms with E-state index in [0.29, 0.717) is 11.3 Å².